The van der Waals surface area contributed by atoms with Crippen LogP contribution in [0.4, 0.5) is 10.1 Å². The lowest BCUT2D eigenvalue weighted by atomic mass is 10.1. The molecule has 0 radical (unpaired) electrons. The van der Waals surface area contributed by atoms with Gasteiger partial charge in [0.05, 0.1) is 18.4 Å². The molecule has 0 bridgehead atoms. The second-order valence-electron chi connectivity index (χ2n) is 6.45. The zero-order valence-electron chi connectivity index (χ0n) is 15.8. The highest BCUT2D eigenvalue weighted by Gasteiger charge is 2.34. The van der Waals surface area contributed by atoms with E-state index in [9.17, 15) is 9.18 Å². The molecule has 7 heteroatoms. The molecular formula is C23H15Cl2FN2O2. The van der Waals surface area contributed by atoms with Gasteiger partial charge in [0, 0.05) is 10.0 Å². The number of amides is 1. The molecule has 3 aromatic carbocycles. The van der Waals surface area contributed by atoms with Crippen molar-refractivity contribution in [2.75, 3.05) is 12.0 Å². The molecule has 0 aliphatic carbocycles. The minimum absolute atomic E-state index is 0.185. The summed E-state index contributed by atoms with van der Waals surface area (Å²) in [5.41, 5.74) is 1.90. The SMILES string of the molecule is COc1ccccc1C1=N/C(=C/c2ccc(Cl)cc2Cl)C(=O)N1c1ccc(F)cc1. The highest BCUT2D eigenvalue weighted by Crippen LogP contribution is 2.32. The zero-order valence-corrected chi connectivity index (χ0v) is 17.3. The Morgan fingerprint density at radius 2 is 1.77 bits per heavy atom. The molecule has 0 saturated heterocycles. The third-order valence-electron chi connectivity index (χ3n) is 4.55. The summed E-state index contributed by atoms with van der Waals surface area (Å²) >= 11 is 12.2. The van der Waals surface area contributed by atoms with Crippen molar-refractivity contribution in [1.82, 2.24) is 0 Å². The number of methoxy groups -OCH3 is 1. The standard InChI is InChI=1S/C23H15Cl2FN2O2/c1-30-21-5-3-2-4-18(21)22-27-20(12-14-6-7-15(24)13-19(14)25)23(29)28(22)17-10-8-16(26)9-11-17/h2-13H,1H3/b20-12+. The van der Waals surface area contributed by atoms with Gasteiger partial charge >= 0.3 is 0 Å². The molecule has 0 aromatic heterocycles. The van der Waals surface area contributed by atoms with Gasteiger partial charge < -0.3 is 4.74 Å². The first-order valence-electron chi connectivity index (χ1n) is 8.97. The summed E-state index contributed by atoms with van der Waals surface area (Å²) in [4.78, 5) is 19.3. The van der Waals surface area contributed by atoms with Gasteiger partial charge in [0.2, 0.25) is 0 Å². The second kappa shape index (κ2) is 8.30. The number of carbonyl (C=O) groups is 1. The Hall–Kier alpha value is -3.15. The molecule has 1 aliphatic rings. The number of hydrogen-bond donors (Lipinski definition) is 0. The van der Waals surface area contributed by atoms with Gasteiger partial charge in [0.15, 0.2) is 5.84 Å². The molecule has 0 unspecified atom stereocenters. The molecule has 1 aliphatic heterocycles. The van der Waals surface area contributed by atoms with Crippen LogP contribution in [0.2, 0.25) is 10.0 Å². The van der Waals surface area contributed by atoms with Crippen molar-refractivity contribution < 1.29 is 13.9 Å². The molecule has 0 fully saturated rings. The summed E-state index contributed by atoms with van der Waals surface area (Å²) in [5, 5.41) is 0.892. The molecule has 1 amide bonds. The number of para-hydroxylation sites is 1. The van der Waals surface area contributed by atoms with Crippen LogP contribution >= 0.6 is 23.2 Å². The average molecular weight is 441 g/mol. The predicted octanol–water partition coefficient (Wildman–Crippen LogP) is 5.98. The van der Waals surface area contributed by atoms with E-state index in [0.717, 1.165) is 0 Å². The quantitative estimate of drug-likeness (QED) is 0.468. The maximum absolute atomic E-state index is 13.5. The van der Waals surface area contributed by atoms with E-state index in [1.54, 1.807) is 43.5 Å². The third-order valence-corrected chi connectivity index (χ3v) is 5.11. The summed E-state index contributed by atoms with van der Waals surface area (Å²) in [6.45, 7) is 0. The lowest BCUT2D eigenvalue weighted by Crippen LogP contribution is -2.32. The molecule has 4 rings (SSSR count). The molecule has 4 nitrogen and oxygen atoms in total. The van der Waals surface area contributed by atoms with Crippen LogP contribution in [0, 0.1) is 5.82 Å². The first-order valence-corrected chi connectivity index (χ1v) is 9.72. The Bertz CT molecular complexity index is 1190. The van der Waals surface area contributed by atoms with Gasteiger partial charge in [-0.1, -0.05) is 41.4 Å². The van der Waals surface area contributed by atoms with E-state index in [0.29, 0.717) is 38.4 Å². The highest BCUT2D eigenvalue weighted by molar-refractivity contribution is 6.36. The summed E-state index contributed by atoms with van der Waals surface area (Å²) in [6.07, 6.45) is 1.60. The van der Waals surface area contributed by atoms with Gasteiger partial charge in [-0.2, -0.15) is 0 Å². The van der Waals surface area contributed by atoms with Crippen LogP contribution < -0.4 is 9.64 Å². The van der Waals surface area contributed by atoms with Crippen molar-refractivity contribution in [2.24, 2.45) is 4.99 Å². The number of nitrogens with zero attached hydrogens (tertiary/aromatic N) is 2. The number of aliphatic imine (C=N–C) groups is 1. The van der Waals surface area contributed by atoms with Crippen molar-refractivity contribution >= 4 is 46.7 Å². The molecular weight excluding hydrogens is 426 g/mol. The number of halogens is 3. The maximum atomic E-state index is 13.5. The summed E-state index contributed by atoms with van der Waals surface area (Å²) in [5.74, 6) is 0.167. The van der Waals surface area contributed by atoms with Crippen LogP contribution in [-0.2, 0) is 4.79 Å². The van der Waals surface area contributed by atoms with E-state index >= 15 is 0 Å². The topological polar surface area (TPSA) is 41.9 Å². The third kappa shape index (κ3) is 3.82. The van der Waals surface area contributed by atoms with Crippen molar-refractivity contribution in [3.8, 4) is 5.75 Å². The van der Waals surface area contributed by atoms with E-state index in [-0.39, 0.29) is 11.6 Å². The van der Waals surface area contributed by atoms with Gasteiger partial charge in [-0.05, 0) is 60.2 Å². The number of anilines is 1. The Kier molecular flexibility index (Phi) is 5.57. The molecule has 3 aromatic rings. The van der Waals surface area contributed by atoms with Crippen molar-refractivity contribution in [2.45, 2.75) is 0 Å². The molecule has 150 valence electrons. The van der Waals surface area contributed by atoms with Gasteiger partial charge in [-0.25, -0.2) is 9.38 Å². The van der Waals surface area contributed by atoms with Gasteiger partial charge in [-0.15, -0.1) is 0 Å². The van der Waals surface area contributed by atoms with Crippen LogP contribution in [-0.4, -0.2) is 18.9 Å². The van der Waals surface area contributed by atoms with Crippen LogP contribution in [0.25, 0.3) is 6.08 Å². The highest BCUT2D eigenvalue weighted by atomic mass is 35.5. The number of carbonyl (C=O) groups excluding carboxylic acids is 1. The molecule has 0 saturated carbocycles. The lowest BCUT2D eigenvalue weighted by molar-refractivity contribution is -0.113. The Labute approximate surface area is 182 Å². The van der Waals surface area contributed by atoms with E-state index in [1.165, 1.54) is 29.2 Å². The summed E-state index contributed by atoms with van der Waals surface area (Å²) in [7, 11) is 1.54. The Morgan fingerprint density at radius 3 is 2.47 bits per heavy atom. The van der Waals surface area contributed by atoms with Gasteiger partial charge in [-0.3, -0.25) is 9.69 Å². The lowest BCUT2D eigenvalue weighted by Gasteiger charge is -2.19. The second-order valence-corrected chi connectivity index (χ2v) is 7.29. The summed E-state index contributed by atoms with van der Waals surface area (Å²) in [6, 6.07) is 17.9. The molecule has 0 spiro atoms. The molecule has 0 N–H and O–H groups in total. The maximum Gasteiger partial charge on any atom is 0.282 e. The van der Waals surface area contributed by atoms with Crippen LogP contribution in [0.15, 0.2) is 77.4 Å². The fourth-order valence-corrected chi connectivity index (χ4v) is 3.59. The van der Waals surface area contributed by atoms with Crippen molar-refractivity contribution in [1.29, 1.82) is 0 Å². The number of hydrogen-bond acceptors (Lipinski definition) is 3. The average Bonchev–Trinajstić information content (AvgIpc) is 3.06. The van der Waals surface area contributed by atoms with Crippen LogP contribution in [0.1, 0.15) is 11.1 Å². The van der Waals surface area contributed by atoms with Crippen molar-refractivity contribution in [3.63, 3.8) is 0 Å². The number of ether oxygens (including phenoxy) is 1. The number of amidine groups is 1. The summed E-state index contributed by atoms with van der Waals surface area (Å²) < 4.78 is 18.9. The number of rotatable bonds is 4. The largest absolute Gasteiger partial charge is 0.496 e. The number of benzene rings is 3. The van der Waals surface area contributed by atoms with E-state index < -0.39 is 5.82 Å². The molecule has 30 heavy (non-hydrogen) atoms. The molecule has 0 atom stereocenters. The monoisotopic (exact) mass is 440 g/mol. The van der Waals surface area contributed by atoms with E-state index in [4.69, 9.17) is 27.9 Å². The predicted molar refractivity (Wildman–Crippen MR) is 118 cm³/mol. The van der Waals surface area contributed by atoms with Gasteiger partial charge in [0.25, 0.3) is 5.91 Å². The van der Waals surface area contributed by atoms with Gasteiger partial charge in [0.1, 0.15) is 17.3 Å². The minimum Gasteiger partial charge on any atom is -0.496 e. The smallest absolute Gasteiger partial charge is 0.282 e. The molecule has 1 heterocycles. The Morgan fingerprint density at radius 1 is 1.03 bits per heavy atom. The van der Waals surface area contributed by atoms with Crippen molar-refractivity contribution in [3.05, 3.63) is 99.4 Å². The normalized spacial score (nSPS) is 14.9. The van der Waals surface area contributed by atoms with E-state index in [2.05, 4.69) is 4.99 Å². The zero-order chi connectivity index (χ0) is 21.3. The fraction of sp³-hybridized carbons (Fsp3) is 0.0435. The Balaban J connectivity index is 1.87. The minimum atomic E-state index is -0.398. The van der Waals surface area contributed by atoms with Crippen LogP contribution in [0.3, 0.4) is 0 Å². The first-order chi connectivity index (χ1) is 14.5. The van der Waals surface area contributed by atoms with Crippen LogP contribution in [0.5, 0.6) is 5.75 Å². The fourth-order valence-electron chi connectivity index (χ4n) is 3.12. The van der Waals surface area contributed by atoms with E-state index in [1.807, 2.05) is 12.1 Å². The first kappa shape index (κ1) is 20.1.